The van der Waals surface area contributed by atoms with Gasteiger partial charge in [-0.1, -0.05) is 77.1 Å². The molecule has 0 saturated heterocycles. The number of nitrogens with two attached hydrogens (primary N) is 1. The summed E-state index contributed by atoms with van der Waals surface area (Å²) >= 11 is 10.9. The van der Waals surface area contributed by atoms with E-state index >= 15 is 0 Å². The van der Waals surface area contributed by atoms with Crippen molar-refractivity contribution in [2.45, 2.75) is 65.3 Å². The molecule has 0 heterocycles. The summed E-state index contributed by atoms with van der Waals surface area (Å²) in [7, 11) is 0. The van der Waals surface area contributed by atoms with Gasteiger partial charge in [-0.05, 0) is 66.2 Å². The molecule has 0 atom stereocenters. The first-order chi connectivity index (χ1) is 29.4. The fraction of sp³-hybridized carbons (Fsp3) is 0.196. The molecule has 28 heteroatoms. The van der Waals surface area contributed by atoms with E-state index in [2.05, 4.69) is 0 Å². The fourth-order valence-electron chi connectivity index (χ4n) is 3.86. The van der Waals surface area contributed by atoms with Crippen LogP contribution in [0.2, 0.25) is 5.02 Å². The Hall–Kier alpha value is -6.58. The number of nitrogens with zero attached hydrogens (tertiary/aromatic N) is 4. The van der Waals surface area contributed by atoms with Gasteiger partial charge in [-0.25, -0.2) is 41.5 Å². The Labute approximate surface area is 488 Å². The third-order valence-electron chi connectivity index (χ3n) is 6.76. The van der Waals surface area contributed by atoms with Crippen LogP contribution in [0.5, 0.6) is 0 Å². The molecule has 19 nitrogen and oxygen atoms in total. The van der Waals surface area contributed by atoms with Crippen molar-refractivity contribution in [1.29, 1.82) is 10.5 Å². The Morgan fingerprint density at radius 3 is 1.14 bits per heavy atom. The molecule has 0 radical (unpaired) electrons. The Bertz CT molecular complexity index is 2540. The van der Waals surface area contributed by atoms with E-state index in [0.29, 0.717) is 11.6 Å². The number of aromatic carboxylic acids is 5. The number of nitro benzene ring substituents is 2. The molecule has 5 rings (SSSR count). The molecular weight excluding hydrogens is 1120 g/mol. The number of halogens is 7. The van der Waals surface area contributed by atoms with Crippen LogP contribution in [0.15, 0.2) is 91.0 Å². The van der Waals surface area contributed by atoms with Crippen molar-refractivity contribution in [3.05, 3.63) is 185 Å². The van der Waals surface area contributed by atoms with Crippen molar-refractivity contribution in [3.63, 3.8) is 0 Å². The number of alkyl halides is 1. The standard InChI is InChI=1S/C8H6ClFO2.C8H4FNO2.C7H4ClNO4.C7H4FNO4.C7H6FNO2.CN.8CH4.Cu.FH.K/c9-4-5-1-2-6(8(11)12)7(10)3-5;9-7-3-5(4-10)1-2-6(7)8(11)12;2*8-6-3-4(9(12)13)1-2-5(6)7(10)11;8-6-3-4(9)1-2-5(6)7(10)11;1-2;;;;;;;;;;;/h1-3H,4H2,(H,11,12);1-3H,(H,11,12);2*1-3H,(H,10,11);1-3H,9H2,(H,10,11);;8*1H4;;1H;/q;;;;;-1;;;;;;;;;+1;;+1/p-1. The molecule has 0 aliphatic heterocycles. The van der Waals surface area contributed by atoms with Crippen LogP contribution in [0.3, 0.4) is 0 Å². The average molecular weight is 1170 g/mol. The fourth-order valence-corrected chi connectivity index (χ4v) is 4.28. The summed E-state index contributed by atoms with van der Waals surface area (Å²) < 4.78 is 51.0. The van der Waals surface area contributed by atoms with Gasteiger partial charge in [0, 0.05) is 29.8 Å². The summed E-state index contributed by atoms with van der Waals surface area (Å²) in [6.07, 6.45) is 0. The number of rotatable bonds is 8. The van der Waals surface area contributed by atoms with Crippen LogP contribution in [0.25, 0.3) is 0 Å². The number of hydrogen-bond acceptors (Lipinski definition) is 12. The van der Waals surface area contributed by atoms with Crippen molar-refractivity contribution in [2.24, 2.45) is 0 Å². The van der Waals surface area contributed by atoms with E-state index < -0.39 is 79.8 Å². The van der Waals surface area contributed by atoms with E-state index in [1.165, 1.54) is 24.3 Å². The van der Waals surface area contributed by atoms with Crippen LogP contribution in [0.1, 0.15) is 122 Å². The monoisotopic (exact) mass is 1170 g/mol. The molecule has 74 heavy (non-hydrogen) atoms. The summed E-state index contributed by atoms with van der Waals surface area (Å²) in [4.78, 5) is 70.6. The van der Waals surface area contributed by atoms with Crippen molar-refractivity contribution >= 4 is 70.1 Å². The van der Waals surface area contributed by atoms with Crippen LogP contribution in [0, 0.1) is 66.7 Å². The number of non-ortho nitro benzene ring substituents is 2. The molecule has 0 spiro atoms. The zero-order valence-electron chi connectivity index (χ0n) is 32.6. The largest absolute Gasteiger partial charge is 1.00 e. The maximum absolute atomic E-state index is 12.8. The van der Waals surface area contributed by atoms with Gasteiger partial charge < -0.3 is 47.8 Å². The summed E-state index contributed by atoms with van der Waals surface area (Å²) in [6, 6.07) is 17.7. The number of carboxylic acids is 5. The second-order valence-corrected chi connectivity index (χ2v) is 11.5. The van der Waals surface area contributed by atoms with Gasteiger partial charge in [-0.3, -0.25) is 20.2 Å². The van der Waals surface area contributed by atoms with Crippen molar-refractivity contribution in [1.82, 2.24) is 0 Å². The van der Waals surface area contributed by atoms with Gasteiger partial charge in [0.25, 0.3) is 11.4 Å². The third kappa shape index (κ3) is 33.2. The Morgan fingerprint density at radius 2 is 0.851 bits per heavy atom. The van der Waals surface area contributed by atoms with E-state index in [9.17, 15) is 61.8 Å². The van der Waals surface area contributed by atoms with Crippen LogP contribution < -0.4 is 61.8 Å². The number of carbonyl (C=O) groups is 5. The molecule has 7 N–H and O–H groups in total. The quantitative estimate of drug-likeness (QED) is 0.0168. The second-order valence-electron chi connectivity index (χ2n) is 10.9. The molecule has 0 aromatic heterocycles. The molecule has 5 aromatic carbocycles. The first-order valence-corrected chi connectivity index (χ1v) is 16.7. The van der Waals surface area contributed by atoms with Crippen molar-refractivity contribution in [2.75, 3.05) is 5.73 Å². The number of nitrogen functional groups attached to an aromatic ring is 1. The number of nitriles is 1. The summed E-state index contributed by atoms with van der Waals surface area (Å²) in [6.45, 7) is 4.75. The second kappa shape index (κ2) is 48.7. The number of benzene rings is 5. The predicted molar refractivity (Wildman–Crippen MR) is 263 cm³/mol. The van der Waals surface area contributed by atoms with E-state index in [1.807, 2.05) is 0 Å². The SMILES string of the molecule is C.C.C.C.C.C.C.C.N#Cc1ccc(C(=O)O)c(F)c1.Nc1ccc(C(=O)O)c(F)c1.O=C(O)c1ccc(CCl)cc1F.O=C(O)c1ccc([N+](=O)[O-])cc1Cl.O=C(O)c1ccc([N+](=O)[O-])cc1F.[C-]#N.[Cu+].[F-].[K+]. The number of anilines is 1. The minimum Gasteiger partial charge on any atom is -1.00 e. The maximum Gasteiger partial charge on any atom is 1.00 e. The minimum atomic E-state index is -1.45. The smallest absolute Gasteiger partial charge is 1.00 e. The number of hydrogen-bond donors (Lipinski definition) is 6. The molecule has 0 aliphatic carbocycles. The van der Waals surface area contributed by atoms with Crippen LogP contribution in [-0.4, -0.2) is 65.2 Å². The number of carboxylic acid groups (broad SMARTS) is 5. The minimum absolute atomic E-state index is 0. The van der Waals surface area contributed by atoms with Gasteiger partial charge in [0.1, 0.15) is 23.3 Å². The average Bonchev–Trinajstić information content (AvgIpc) is 3.21. The van der Waals surface area contributed by atoms with E-state index in [0.717, 1.165) is 60.7 Å². The Morgan fingerprint density at radius 1 is 0.554 bits per heavy atom. The van der Waals surface area contributed by atoms with Crippen LogP contribution in [-0.2, 0) is 22.9 Å². The molecule has 0 unspecified atom stereocenters. The third-order valence-corrected chi connectivity index (χ3v) is 7.38. The van der Waals surface area contributed by atoms with Gasteiger partial charge in [-0.15, -0.1) is 11.6 Å². The zero-order valence-corrected chi connectivity index (χ0v) is 38.2. The van der Waals surface area contributed by atoms with Crippen LogP contribution >= 0.6 is 23.2 Å². The summed E-state index contributed by atoms with van der Waals surface area (Å²) in [5.41, 5.74) is 3.55. The molecule has 0 fully saturated rings. The van der Waals surface area contributed by atoms with Gasteiger partial charge in [0.15, 0.2) is 0 Å². The molecule has 0 amide bonds. The van der Waals surface area contributed by atoms with Gasteiger partial charge in [0.2, 0.25) is 0 Å². The summed E-state index contributed by atoms with van der Waals surface area (Å²) in [5.74, 6) is -9.93. The normalized spacial score (nSPS) is 7.88. The Kier molecular flexibility index (Phi) is 63.7. The molecular formula is C46H56Cl2CuF5KN5O14. The van der Waals surface area contributed by atoms with Crippen molar-refractivity contribution < 1.29 is 150 Å². The zero-order chi connectivity index (χ0) is 48.7. The molecule has 0 bridgehead atoms. The predicted octanol–water partition coefficient (Wildman–Crippen LogP) is 7.33. The van der Waals surface area contributed by atoms with E-state index in [1.54, 1.807) is 6.07 Å². The van der Waals surface area contributed by atoms with Crippen LogP contribution in [0.4, 0.5) is 34.6 Å². The van der Waals surface area contributed by atoms with Gasteiger partial charge >= 0.3 is 98.3 Å². The Balaban J connectivity index is -0.0000000621. The molecule has 410 valence electrons. The maximum atomic E-state index is 12.8. The van der Waals surface area contributed by atoms with Crippen molar-refractivity contribution in [3.8, 4) is 6.07 Å². The molecule has 0 saturated carbocycles. The first kappa shape index (κ1) is 96.8. The number of nitro groups is 2. The topological polar surface area (TPSA) is 346 Å². The van der Waals surface area contributed by atoms with E-state index in [-0.39, 0.29) is 177 Å². The molecule has 5 aromatic rings. The first-order valence-electron chi connectivity index (χ1n) is 15.8. The summed E-state index contributed by atoms with van der Waals surface area (Å²) in [5, 5.41) is 77.0. The van der Waals surface area contributed by atoms with Gasteiger partial charge in [-0.2, -0.15) is 5.26 Å². The van der Waals surface area contributed by atoms with Gasteiger partial charge in [0.05, 0.1) is 60.4 Å². The molecule has 0 aliphatic rings. The van der Waals surface area contributed by atoms with E-state index in [4.69, 9.17) is 71.6 Å².